The van der Waals surface area contributed by atoms with E-state index in [0.717, 1.165) is 11.4 Å². The number of hydrogen-bond acceptors (Lipinski definition) is 7. The summed E-state index contributed by atoms with van der Waals surface area (Å²) in [7, 11) is 1.63. The molecule has 2 N–H and O–H groups in total. The number of benzene rings is 1. The van der Waals surface area contributed by atoms with Crippen LogP contribution < -0.4 is 15.4 Å². The van der Waals surface area contributed by atoms with Crippen molar-refractivity contribution in [2.24, 2.45) is 5.92 Å². The zero-order valence-corrected chi connectivity index (χ0v) is 18.5. The third-order valence-corrected chi connectivity index (χ3v) is 5.56. The van der Waals surface area contributed by atoms with Gasteiger partial charge in [0.05, 0.1) is 13.7 Å². The summed E-state index contributed by atoms with van der Waals surface area (Å²) in [5.41, 5.74) is 1.33. The van der Waals surface area contributed by atoms with Gasteiger partial charge in [0, 0.05) is 43.8 Å². The van der Waals surface area contributed by atoms with E-state index in [9.17, 15) is 9.59 Å². The van der Waals surface area contributed by atoms with E-state index in [1.54, 1.807) is 17.4 Å². The summed E-state index contributed by atoms with van der Waals surface area (Å²) in [6.45, 7) is 7.76. The SMILES string of the molecule is COc1ccc(Nc2nc(C(=O)N3CCN(CC(=O)NCC(C)C)CC3)cs2)cc1. The average molecular weight is 432 g/mol. The van der Waals surface area contributed by atoms with Gasteiger partial charge in [-0.05, 0) is 30.2 Å². The molecule has 1 fully saturated rings. The molecule has 1 aromatic carbocycles. The Bertz CT molecular complexity index is 845. The Labute approximate surface area is 181 Å². The number of anilines is 2. The molecular formula is C21H29N5O3S. The van der Waals surface area contributed by atoms with Gasteiger partial charge in [-0.25, -0.2) is 4.98 Å². The molecule has 1 aromatic heterocycles. The second-order valence-electron chi connectivity index (χ2n) is 7.66. The third-order valence-electron chi connectivity index (χ3n) is 4.80. The van der Waals surface area contributed by atoms with Crippen LogP contribution in [0.5, 0.6) is 5.75 Å². The number of thiazole rings is 1. The average Bonchev–Trinajstić information content (AvgIpc) is 3.21. The van der Waals surface area contributed by atoms with Gasteiger partial charge in [0.1, 0.15) is 11.4 Å². The molecule has 30 heavy (non-hydrogen) atoms. The van der Waals surface area contributed by atoms with E-state index in [4.69, 9.17) is 4.74 Å². The Morgan fingerprint density at radius 1 is 1.17 bits per heavy atom. The first-order chi connectivity index (χ1) is 14.4. The van der Waals surface area contributed by atoms with Crippen molar-refractivity contribution < 1.29 is 14.3 Å². The number of aromatic nitrogens is 1. The lowest BCUT2D eigenvalue weighted by Gasteiger charge is -2.34. The van der Waals surface area contributed by atoms with Crippen LogP contribution in [0.3, 0.4) is 0 Å². The van der Waals surface area contributed by atoms with Gasteiger partial charge >= 0.3 is 0 Å². The normalized spacial score (nSPS) is 14.6. The molecule has 0 unspecified atom stereocenters. The number of hydrogen-bond donors (Lipinski definition) is 2. The zero-order valence-electron chi connectivity index (χ0n) is 17.7. The Hall–Kier alpha value is -2.65. The molecule has 0 radical (unpaired) electrons. The standard InChI is InChI=1S/C21H29N5O3S/c1-15(2)12-22-19(27)13-25-8-10-26(11-9-25)20(28)18-14-30-21(24-18)23-16-4-6-17(29-3)7-5-16/h4-7,14-15H,8-13H2,1-3H3,(H,22,27)(H,23,24). The highest BCUT2D eigenvalue weighted by Gasteiger charge is 2.24. The molecule has 2 heterocycles. The Morgan fingerprint density at radius 2 is 1.87 bits per heavy atom. The Kier molecular flexibility index (Phi) is 7.64. The zero-order chi connectivity index (χ0) is 21.5. The van der Waals surface area contributed by atoms with Gasteiger partial charge in [0.2, 0.25) is 5.91 Å². The number of carbonyl (C=O) groups excluding carboxylic acids is 2. The second kappa shape index (κ2) is 10.4. The topological polar surface area (TPSA) is 86.8 Å². The first-order valence-electron chi connectivity index (χ1n) is 10.1. The number of nitrogens with zero attached hydrogens (tertiary/aromatic N) is 3. The number of ether oxygens (including phenoxy) is 1. The van der Waals surface area contributed by atoms with E-state index in [1.165, 1.54) is 11.3 Å². The highest BCUT2D eigenvalue weighted by molar-refractivity contribution is 7.14. The lowest BCUT2D eigenvalue weighted by Crippen LogP contribution is -2.51. The maximum absolute atomic E-state index is 12.8. The van der Waals surface area contributed by atoms with E-state index >= 15 is 0 Å². The number of amides is 2. The molecule has 0 atom stereocenters. The molecule has 0 bridgehead atoms. The van der Waals surface area contributed by atoms with Gasteiger partial charge < -0.3 is 20.3 Å². The summed E-state index contributed by atoms with van der Waals surface area (Å²) in [6, 6.07) is 7.53. The van der Waals surface area contributed by atoms with Gasteiger partial charge in [0.25, 0.3) is 5.91 Å². The largest absolute Gasteiger partial charge is 0.497 e. The summed E-state index contributed by atoms with van der Waals surface area (Å²) in [4.78, 5) is 33.1. The van der Waals surface area contributed by atoms with Crippen molar-refractivity contribution in [3.8, 4) is 5.75 Å². The van der Waals surface area contributed by atoms with Crippen LogP contribution in [0, 0.1) is 5.92 Å². The predicted molar refractivity (Wildman–Crippen MR) is 119 cm³/mol. The number of carbonyl (C=O) groups is 2. The molecule has 0 saturated carbocycles. The minimum Gasteiger partial charge on any atom is -0.497 e. The monoisotopic (exact) mass is 431 g/mol. The van der Waals surface area contributed by atoms with Gasteiger partial charge in [-0.15, -0.1) is 11.3 Å². The minimum atomic E-state index is -0.0714. The molecule has 2 amide bonds. The third kappa shape index (κ3) is 6.17. The minimum absolute atomic E-state index is 0.0391. The van der Waals surface area contributed by atoms with Crippen LogP contribution >= 0.6 is 11.3 Å². The molecule has 2 aromatic rings. The van der Waals surface area contributed by atoms with Crippen LogP contribution in [-0.4, -0.2) is 73.0 Å². The second-order valence-corrected chi connectivity index (χ2v) is 8.52. The number of methoxy groups -OCH3 is 1. The van der Waals surface area contributed by atoms with Crippen LogP contribution in [0.2, 0.25) is 0 Å². The van der Waals surface area contributed by atoms with Crippen LogP contribution in [0.25, 0.3) is 0 Å². The molecule has 0 aliphatic carbocycles. The van der Waals surface area contributed by atoms with E-state index in [-0.39, 0.29) is 11.8 Å². The fourth-order valence-electron chi connectivity index (χ4n) is 3.08. The van der Waals surface area contributed by atoms with E-state index in [1.807, 2.05) is 24.3 Å². The molecule has 3 rings (SSSR count). The van der Waals surface area contributed by atoms with E-state index < -0.39 is 0 Å². The van der Waals surface area contributed by atoms with E-state index in [2.05, 4.69) is 34.4 Å². The van der Waals surface area contributed by atoms with Crippen LogP contribution in [0.4, 0.5) is 10.8 Å². The molecule has 1 aliphatic heterocycles. The van der Waals surface area contributed by atoms with Crippen molar-refractivity contribution in [1.29, 1.82) is 0 Å². The Balaban J connectivity index is 1.47. The van der Waals surface area contributed by atoms with Crippen molar-refractivity contribution >= 4 is 34.0 Å². The highest BCUT2D eigenvalue weighted by Crippen LogP contribution is 2.23. The molecule has 0 spiro atoms. The summed E-state index contributed by atoms with van der Waals surface area (Å²) >= 11 is 1.40. The van der Waals surface area contributed by atoms with Gasteiger partial charge in [-0.1, -0.05) is 13.8 Å². The van der Waals surface area contributed by atoms with Crippen molar-refractivity contribution in [2.75, 3.05) is 51.7 Å². The first-order valence-corrected chi connectivity index (χ1v) is 11.0. The van der Waals surface area contributed by atoms with Crippen LogP contribution in [0.1, 0.15) is 24.3 Å². The molecule has 1 aliphatic rings. The predicted octanol–water partition coefficient (Wildman–Crippen LogP) is 2.43. The fraction of sp³-hybridized carbons (Fsp3) is 0.476. The smallest absolute Gasteiger partial charge is 0.273 e. The highest BCUT2D eigenvalue weighted by atomic mass is 32.1. The van der Waals surface area contributed by atoms with Crippen LogP contribution in [-0.2, 0) is 4.79 Å². The maximum Gasteiger partial charge on any atom is 0.273 e. The molecule has 162 valence electrons. The van der Waals surface area contributed by atoms with Crippen molar-refractivity contribution in [3.63, 3.8) is 0 Å². The van der Waals surface area contributed by atoms with E-state index in [0.29, 0.717) is 56.0 Å². The molecular weight excluding hydrogens is 402 g/mol. The molecule has 1 saturated heterocycles. The first kappa shape index (κ1) is 22.0. The number of rotatable bonds is 8. The summed E-state index contributed by atoms with van der Waals surface area (Å²) in [6.07, 6.45) is 0. The summed E-state index contributed by atoms with van der Waals surface area (Å²) < 4.78 is 5.16. The lowest BCUT2D eigenvalue weighted by molar-refractivity contribution is -0.122. The summed E-state index contributed by atoms with van der Waals surface area (Å²) in [5.74, 6) is 1.19. The van der Waals surface area contributed by atoms with Crippen molar-refractivity contribution in [2.45, 2.75) is 13.8 Å². The summed E-state index contributed by atoms with van der Waals surface area (Å²) in [5, 5.41) is 8.59. The molecule has 9 heteroatoms. The quantitative estimate of drug-likeness (QED) is 0.668. The van der Waals surface area contributed by atoms with Gasteiger partial charge in [-0.2, -0.15) is 0 Å². The van der Waals surface area contributed by atoms with Crippen molar-refractivity contribution in [1.82, 2.24) is 20.1 Å². The number of piperazine rings is 1. The fourth-order valence-corrected chi connectivity index (χ4v) is 3.78. The molecule has 8 nitrogen and oxygen atoms in total. The van der Waals surface area contributed by atoms with Gasteiger partial charge in [-0.3, -0.25) is 14.5 Å². The van der Waals surface area contributed by atoms with Gasteiger partial charge in [0.15, 0.2) is 5.13 Å². The maximum atomic E-state index is 12.8. The Morgan fingerprint density at radius 3 is 2.50 bits per heavy atom. The lowest BCUT2D eigenvalue weighted by atomic mass is 10.2. The van der Waals surface area contributed by atoms with Crippen LogP contribution in [0.15, 0.2) is 29.6 Å². The van der Waals surface area contributed by atoms with Crippen molar-refractivity contribution in [3.05, 3.63) is 35.3 Å². The number of nitrogens with one attached hydrogen (secondary N) is 2.